The van der Waals surface area contributed by atoms with E-state index in [2.05, 4.69) is 45.1 Å². The fourth-order valence-corrected chi connectivity index (χ4v) is 5.68. The van der Waals surface area contributed by atoms with Crippen molar-refractivity contribution in [1.29, 1.82) is 0 Å². The van der Waals surface area contributed by atoms with Crippen LogP contribution in [0.5, 0.6) is 0 Å². The van der Waals surface area contributed by atoms with Crippen LogP contribution in [0, 0.1) is 13.8 Å². The highest BCUT2D eigenvalue weighted by atomic mass is 16.4. The van der Waals surface area contributed by atoms with Gasteiger partial charge in [-0.15, -0.1) is 0 Å². The first-order chi connectivity index (χ1) is 17.9. The number of carbonyl (C=O) groups excluding carboxylic acids is 1. The van der Waals surface area contributed by atoms with Crippen molar-refractivity contribution in [3.05, 3.63) is 76.6 Å². The summed E-state index contributed by atoms with van der Waals surface area (Å²) >= 11 is 0. The summed E-state index contributed by atoms with van der Waals surface area (Å²) in [6, 6.07) is 7.83. The summed E-state index contributed by atoms with van der Waals surface area (Å²) in [7, 11) is 0. The summed E-state index contributed by atoms with van der Waals surface area (Å²) in [6.45, 7) is 5.32. The Hall–Kier alpha value is -4.27. The number of amides is 2. The maximum Gasteiger partial charge on any atom is 0.407 e. The lowest BCUT2D eigenvalue weighted by molar-refractivity contribution is 0.0726. The number of likely N-dealkylation sites (tertiary alicyclic amines) is 1. The zero-order valence-corrected chi connectivity index (χ0v) is 20.9. The molecule has 2 aliphatic heterocycles. The molecule has 2 amide bonds. The molecule has 0 spiro atoms. The molecule has 3 aromatic heterocycles. The maximum atomic E-state index is 13.3. The van der Waals surface area contributed by atoms with E-state index < -0.39 is 6.09 Å². The predicted octanol–water partition coefficient (Wildman–Crippen LogP) is 4.65. The van der Waals surface area contributed by atoms with Crippen molar-refractivity contribution in [2.75, 3.05) is 13.1 Å². The van der Waals surface area contributed by atoms with Crippen LogP contribution >= 0.6 is 0 Å². The molecule has 0 saturated carbocycles. The standard InChI is InChI=1S/C28H28N6O3/c1-16-13-30-26-21(16)12-20(14-31-26)19-10-18-6-9-33(27(35)24-5-7-29-17(2)32-24)15-23(18)22(11-19)25-4-3-8-34(25)28(36)37/h5,7,10-14,25H,3-4,6,8-9,15H2,1-2H3,(H,30,31)(H,36,37)/t25-/m0/s1. The van der Waals surface area contributed by atoms with Crippen LogP contribution in [0.1, 0.15) is 57.5 Å². The van der Waals surface area contributed by atoms with Gasteiger partial charge in [0.05, 0.1) is 6.04 Å². The average Bonchev–Trinajstić information content (AvgIpc) is 3.54. The molecule has 0 radical (unpaired) electrons. The molecule has 0 bridgehead atoms. The van der Waals surface area contributed by atoms with Crippen LogP contribution in [-0.4, -0.2) is 59.9 Å². The van der Waals surface area contributed by atoms with Gasteiger partial charge < -0.3 is 19.9 Å². The fourth-order valence-electron chi connectivity index (χ4n) is 5.68. The second kappa shape index (κ2) is 8.99. The summed E-state index contributed by atoms with van der Waals surface area (Å²) < 4.78 is 0. The molecule has 37 heavy (non-hydrogen) atoms. The molecular formula is C28H28N6O3. The Morgan fingerprint density at radius 3 is 2.78 bits per heavy atom. The number of benzene rings is 1. The van der Waals surface area contributed by atoms with E-state index in [1.165, 1.54) is 4.90 Å². The van der Waals surface area contributed by atoms with Gasteiger partial charge in [0.25, 0.3) is 5.91 Å². The Kier molecular flexibility index (Phi) is 5.62. The van der Waals surface area contributed by atoms with Crippen molar-refractivity contribution < 1.29 is 14.7 Å². The minimum Gasteiger partial charge on any atom is -0.465 e. The van der Waals surface area contributed by atoms with Gasteiger partial charge in [0, 0.05) is 49.2 Å². The molecule has 4 aromatic rings. The summed E-state index contributed by atoms with van der Waals surface area (Å²) in [6.07, 6.45) is 6.77. The van der Waals surface area contributed by atoms with E-state index in [4.69, 9.17) is 0 Å². The SMILES string of the molecule is Cc1nccc(C(=O)N2CCc3cc(-c4cnc5[nH]cc(C)c5c4)cc([C@@H]4CCCN4C(=O)O)c3C2)n1. The van der Waals surface area contributed by atoms with E-state index in [0.29, 0.717) is 37.6 Å². The van der Waals surface area contributed by atoms with Gasteiger partial charge >= 0.3 is 6.09 Å². The first-order valence-corrected chi connectivity index (χ1v) is 12.6. The van der Waals surface area contributed by atoms with Gasteiger partial charge in [-0.3, -0.25) is 4.79 Å². The number of carboxylic acid groups (broad SMARTS) is 1. The van der Waals surface area contributed by atoms with Crippen LogP contribution in [-0.2, 0) is 13.0 Å². The van der Waals surface area contributed by atoms with Gasteiger partial charge in [-0.25, -0.2) is 19.7 Å². The number of fused-ring (bicyclic) bond motifs is 2. The van der Waals surface area contributed by atoms with Gasteiger partial charge in [-0.1, -0.05) is 6.07 Å². The Labute approximate surface area is 214 Å². The lowest BCUT2D eigenvalue weighted by atomic mass is 9.86. The van der Waals surface area contributed by atoms with Gasteiger partial charge in [-0.2, -0.15) is 0 Å². The molecular weight excluding hydrogens is 468 g/mol. The monoisotopic (exact) mass is 496 g/mol. The number of pyridine rings is 1. The van der Waals surface area contributed by atoms with Gasteiger partial charge in [0.1, 0.15) is 17.2 Å². The van der Waals surface area contributed by atoms with Crippen molar-refractivity contribution in [1.82, 2.24) is 29.7 Å². The van der Waals surface area contributed by atoms with Crippen LogP contribution in [0.25, 0.3) is 22.2 Å². The molecule has 1 fully saturated rings. The number of rotatable bonds is 3. The minimum absolute atomic E-state index is 0.134. The van der Waals surface area contributed by atoms with Crippen LogP contribution in [0.15, 0.2) is 42.9 Å². The fraction of sp³-hybridized carbons (Fsp3) is 0.321. The lowest BCUT2D eigenvalue weighted by Crippen LogP contribution is -2.38. The maximum absolute atomic E-state index is 13.3. The second-order valence-electron chi connectivity index (χ2n) is 9.89. The topological polar surface area (TPSA) is 115 Å². The first kappa shape index (κ1) is 23.1. The first-order valence-electron chi connectivity index (χ1n) is 12.6. The quantitative estimate of drug-likeness (QED) is 0.427. The summed E-state index contributed by atoms with van der Waals surface area (Å²) in [5, 5.41) is 11.0. The molecule has 1 aromatic carbocycles. The lowest BCUT2D eigenvalue weighted by Gasteiger charge is -2.33. The van der Waals surface area contributed by atoms with Crippen LogP contribution < -0.4 is 0 Å². The smallest absolute Gasteiger partial charge is 0.407 e. The van der Waals surface area contributed by atoms with Crippen LogP contribution in [0.2, 0.25) is 0 Å². The van der Waals surface area contributed by atoms with E-state index >= 15 is 0 Å². The number of hydrogen-bond donors (Lipinski definition) is 2. The zero-order valence-electron chi connectivity index (χ0n) is 20.9. The predicted molar refractivity (Wildman–Crippen MR) is 138 cm³/mol. The van der Waals surface area contributed by atoms with Crippen LogP contribution in [0.4, 0.5) is 4.79 Å². The van der Waals surface area contributed by atoms with Crippen molar-refractivity contribution in [3.63, 3.8) is 0 Å². The number of aromatic nitrogens is 4. The third-order valence-electron chi connectivity index (χ3n) is 7.59. The van der Waals surface area contributed by atoms with Crippen molar-refractivity contribution in [2.24, 2.45) is 0 Å². The van der Waals surface area contributed by atoms with E-state index in [9.17, 15) is 14.7 Å². The number of hydrogen-bond acceptors (Lipinski definition) is 5. The third-order valence-corrected chi connectivity index (χ3v) is 7.59. The number of aromatic amines is 1. The van der Waals surface area contributed by atoms with Gasteiger partial charge in [0.2, 0.25) is 0 Å². The molecule has 0 unspecified atom stereocenters. The van der Waals surface area contributed by atoms with Crippen molar-refractivity contribution in [3.8, 4) is 11.1 Å². The largest absolute Gasteiger partial charge is 0.465 e. The highest BCUT2D eigenvalue weighted by Crippen LogP contribution is 2.40. The summed E-state index contributed by atoms with van der Waals surface area (Å²) in [5.74, 6) is 0.421. The van der Waals surface area contributed by atoms with Crippen molar-refractivity contribution >= 4 is 23.0 Å². The number of aryl methyl sites for hydroxylation is 2. The minimum atomic E-state index is -0.909. The van der Waals surface area contributed by atoms with E-state index in [0.717, 1.165) is 57.3 Å². The Bertz CT molecular complexity index is 1540. The normalized spacial score (nSPS) is 17.3. The summed E-state index contributed by atoms with van der Waals surface area (Å²) in [4.78, 5) is 45.0. The number of nitrogens with one attached hydrogen (secondary N) is 1. The number of H-pyrrole nitrogens is 1. The zero-order chi connectivity index (χ0) is 25.7. The van der Waals surface area contributed by atoms with E-state index in [-0.39, 0.29) is 11.9 Å². The molecule has 1 atom stereocenters. The van der Waals surface area contributed by atoms with E-state index in [1.807, 2.05) is 17.3 Å². The Morgan fingerprint density at radius 1 is 1.11 bits per heavy atom. The molecule has 188 valence electrons. The van der Waals surface area contributed by atoms with Crippen LogP contribution in [0.3, 0.4) is 0 Å². The molecule has 9 nitrogen and oxygen atoms in total. The third kappa shape index (κ3) is 4.10. The molecule has 2 N–H and O–H groups in total. The molecule has 2 aliphatic rings. The highest BCUT2D eigenvalue weighted by Gasteiger charge is 2.34. The molecule has 0 aliphatic carbocycles. The Balaban J connectivity index is 1.44. The molecule has 6 rings (SSSR count). The highest BCUT2D eigenvalue weighted by molar-refractivity contribution is 5.92. The van der Waals surface area contributed by atoms with Gasteiger partial charge in [0.15, 0.2) is 0 Å². The summed E-state index contributed by atoms with van der Waals surface area (Å²) in [5.41, 5.74) is 7.54. The molecule has 1 saturated heterocycles. The average molecular weight is 497 g/mol. The van der Waals surface area contributed by atoms with E-state index in [1.54, 1.807) is 19.2 Å². The molecule has 5 heterocycles. The second-order valence-corrected chi connectivity index (χ2v) is 9.89. The number of nitrogens with zero attached hydrogens (tertiary/aromatic N) is 5. The van der Waals surface area contributed by atoms with Gasteiger partial charge in [-0.05, 0) is 79.1 Å². The number of carbonyl (C=O) groups is 2. The Morgan fingerprint density at radius 2 is 1.97 bits per heavy atom. The molecule has 9 heteroatoms. The van der Waals surface area contributed by atoms with Crippen molar-refractivity contribution in [2.45, 2.75) is 45.7 Å².